The van der Waals surface area contributed by atoms with Crippen LogP contribution in [-0.4, -0.2) is 44.6 Å². The molecule has 0 spiro atoms. The highest BCUT2D eigenvalue weighted by atomic mass is 19.1. The highest BCUT2D eigenvalue weighted by Crippen LogP contribution is 2.29. The summed E-state index contributed by atoms with van der Waals surface area (Å²) in [6.45, 7) is 3.72. The van der Waals surface area contributed by atoms with Crippen LogP contribution in [0.1, 0.15) is 24.8 Å². The van der Waals surface area contributed by atoms with Crippen molar-refractivity contribution in [2.45, 2.75) is 32.2 Å². The van der Waals surface area contributed by atoms with Crippen molar-refractivity contribution in [3.63, 3.8) is 0 Å². The fourth-order valence-electron chi connectivity index (χ4n) is 4.34. The number of piperidine rings is 1. The number of methoxy groups -OCH3 is 1. The summed E-state index contributed by atoms with van der Waals surface area (Å²) in [5.74, 6) is -0.381. The van der Waals surface area contributed by atoms with Crippen molar-refractivity contribution in [2.24, 2.45) is 5.92 Å². The molecule has 1 unspecified atom stereocenters. The lowest BCUT2D eigenvalue weighted by Gasteiger charge is -2.34. The summed E-state index contributed by atoms with van der Waals surface area (Å²) in [6, 6.07) is 12.9. The van der Waals surface area contributed by atoms with Gasteiger partial charge in [0.15, 0.2) is 0 Å². The van der Waals surface area contributed by atoms with Crippen LogP contribution in [0.2, 0.25) is 0 Å². The quantitative estimate of drug-likeness (QED) is 0.799. The Bertz CT molecular complexity index is 955. The summed E-state index contributed by atoms with van der Waals surface area (Å²) in [6.07, 6.45) is 1.80. The van der Waals surface area contributed by atoms with Crippen molar-refractivity contribution in [1.82, 2.24) is 5.32 Å². The summed E-state index contributed by atoms with van der Waals surface area (Å²) in [5.41, 5.74) is 2.18. The first kappa shape index (κ1) is 21.2. The number of aryl methyl sites for hydroxylation is 1. The molecule has 31 heavy (non-hydrogen) atoms. The van der Waals surface area contributed by atoms with Crippen LogP contribution in [0.5, 0.6) is 5.75 Å². The van der Waals surface area contributed by atoms with Crippen molar-refractivity contribution >= 4 is 23.2 Å². The van der Waals surface area contributed by atoms with Gasteiger partial charge in [0.2, 0.25) is 11.8 Å². The van der Waals surface area contributed by atoms with Gasteiger partial charge in [-0.1, -0.05) is 6.07 Å². The normalized spacial score (nSPS) is 19.6. The Hall–Kier alpha value is -3.09. The molecule has 2 aromatic rings. The first-order chi connectivity index (χ1) is 14.9. The van der Waals surface area contributed by atoms with E-state index < -0.39 is 11.7 Å². The number of carbonyl (C=O) groups is 2. The molecule has 2 aromatic carbocycles. The number of ether oxygens (including phenoxy) is 1. The molecule has 0 aromatic heterocycles. The van der Waals surface area contributed by atoms with E-state index in [9.17, 15) is 14.0 Å². The van der Waals surface area contributed by atoms with Crippen LogP contribution < -0.4 is 19.9 Å². The minimum atomic E-state index is -0.451. The van der Waals surface area contributed by atoms with Crippen molar-refractivity contribution < 1.29 is 18.7 Å². The lowest BCUT2D eigenvalue weighted by molar-refractivity contribution is -0.127. The predicted octanol–water partition coefficient (Wildman–Crippen LogP) is 3.28. The second-order valence-electron chi connectivity index (χ2n) is 8.33. The van der Waals surface area contributed by atoms with Gasteiger partial charge >= 0.3 is 0 Å². The third-order valence-electron chi connectivity index (χ3n) is 6.17. The molecular formula is C24H28FN3O3. The standard InChI is InChI=1S/C24H28FN3O3/c1-16-3-8-22(21(25)13-16)28-15-17(14-23(28)29)24(30)26-18-9-11-27(12-10-18)19-4-6-20(31-2)7-5-19/h3-8,13,17-18H,9-12,14-15H2,1-2H3,(H,26,30). The van der Waals surface area contributed by atoms with Crippen LogP contribution in [0.25, 0.3) is 0 Å². The van der Waals surface area contributed by atoms with Crippen LogP contribution in [0, 0.1) is 18.7 Å². The van der Waals surface area contributed by atoms with E-state index in [0.717, 1.165) is 42.9 Å². The summed E-state index contributed by atoms with van der Waals surface area (Å²) in [4.78, 5) is 28.9. The molecule has 6 nitrogen and oxygen atoms in total. The lowest BCUT2D eigenvalue weighted by Crippen LogP contribution is -2.46. The number of carbonyl (C=O) groups excluding carboxylic acids is 2. The van der Waals surface area contributed by atoms with Gasteiger partial charge in [0.1, 0.15) is 11.6 Å². The van der Waals surface area contributed by atoms with Gasteiger partial charge in [0, 0.05) is 37.8 Å². The van der Waals surface area contributed by atoms with Crippen LogP contribution in [0.15, 0.2) is 42.5 Å². The van der Waals surface area contributed by atoms with Crippen molar-refractivity contribution in [1.29, 1.82) is 0 Å². The number of rotatable bonds is 5. The molecule has 2 amide bonds. The largest absolute Gasteiger partial charge is 0.497 e. The Balaban J connectivity index is 1.30. The zero-order valence-electron chi connectivity index (χ0n) is 17.9. The van der Waals surface area contributed by atoms with E-state index in [1.807, 2.05) is 24.3 Å². The maximum Gasteiger partial charge on any atom is 0.227 e. The van der Waals surface area contributed by atoms with Crippen LogP contribution in [0.3, 0.4) is 0 Å². The Morgan fingerprint density at radius 3 is 2.48 bits per heavy atom. The first-order valence-electron chi connectivity index (χ1n) is 10.7. The molecule has 1 N–H and O–H groups in total. The van der Waals surface area contributed by atoms with Gasteiger partial charge in [-0.3, -0.25) is 9.59 Å². The smallest absolute Gasteiger partial charge is 0.227 e. The number of nitrogens with one attached hydrogen (secondary N) is 1. The molecule has 2 heterocycles. The Morgan fingerprint density at radius 2 is 1.84 bits per heavy atom. The maximum atomic E-state index is 14.3. The second-order valence-corrected chi connectivity index (χ2v) is 8.33. The third-order valence-corrected chi connectivity index (χ3v) is 6.17. The van der Waals surface area contributed by atoms with E-state index >= 15 is 0 Å². The SMILES string of the molecule is COc1ccc(N2CCC(NC(=O)C3CC(=O)N(c4ccc(C)cc4F)C3)CC2)cc1. The molecular weight excluding hydrogens is 397 g/mol. The molecule has 164 valence electrons. The van der Waals surface area contributed by atoms with Crippen molar-refractivity contribution in [3.05, 3.63) is 53.8 Å². The van der Waals surface area contributed by atoms with Gasteiger partial charge in [-0.05, 0) is 61.7 Å². The second kappa shape index (κ2) is 8.96. The number of amides is 2. The Labute approximate surface area is 182 Å². The maximum absolute atomic E-state index is 14.3. The number of anilines is 2. The Morgan fingerprint density at radius 1 is 1.13 bits per heavy atom. The van der Waals surface area contributed by atoms with Crippen molar-refractivity contribution in [3.8, 4) is 5.75 Å². The third kappa shape index (κ3) is 4.65. The van der Waals surface area contributed by atoms with Gasteiger partial charge in [0.25, 0.3) is 0 Å². The first-order valence-corrected chi connectivity index (χ1v) is 10.7. The molecule has 0 aliphatic carbocycles. The molecule has 4 rings (SSSR count). The zero-order chi connectivity index (χ0) is 22.0. The minimum absolute atomic E-state index is 0.0854. The van der Waals surface area contributed by atoms with Gasteiger partial charge in [-0.2, -0.15) is 0 Å². The number of nitrogens with zero attached hydrogens (tertiary/aromatic N) is 2. The molecule has 0 saturated carbocycles. The molecule has 7 heteroatoms. The minimum Gasteiger partial charge on any atom is -0.497 e. The molecule has 2 saturated heterocycles. The number of hydrogen-bond acceptors (Lipinski definition) is 4. The van der Waals surface area contributed by atoms with Gasteiger partial charge in [-0.15, -0.1) is 0 Å². The lowest BCUT2D eigenvalue weighted by atomic mass is 10.0. The van der Waals surface area contributed by atoms with Gasteiger partial charge < -0.3 is 19.9 Å². The highest BCUT2D eigenvalue weighted by Gasteiger charge is 2.37. The van der Waals surface area contributed by atoms with Gasteiger partial charge in [-0.25, -0.2) is 4.39 Å². The molecule has 0 bridgehead atoms. The van der Waals surface area contributed by atoms with E-state index in [1.54, 1.807) is 26.2 Å². The van der Waals surface area contributed by atoms with E-state index in [2.05, 4.69) is 10.2 Å². The number of halogens is 1. The average Bonchev–Trinajstić information content (AvgIpc) is 3.16. The summed E-state index contributed by atoms with van der Waals surface area (Å²) < 4.78 is 19.5. The van der Waals surface area contributed by atoms with Gasteiger partial charge in [0.05, 0.1) is 18.7 Å². The molecule has 2 aliphatic rings. The molecule has 0 radical (unpaired) electrons. The predicted molar refractivity (Wildman–Crippen MR) is 118 cm³/mol. The molecule has 1 atom stereocenters. The van der Waals surface area contributed by atoms with E-state index in [0.29, 0.717) is 0 Å². The van der Waals surface area contributed by atoms with E-state index in [-0.39, 0.29) is 36.5 Å². The van der Waals surface area contributed by atoms with E-state index in [4.69, 9.17) is 4.74 Å². The fourth-order valence-corrected chi connectivity index (χ4v) is 4.34. The van der Waals surface area contributed by atoms with Crippen LogP contribution >= 0.6 is 0 Å². The number of hydrogen-bond donors (Lipinski definition) is 1. The molecule has 2 aliphatic heterocycles. The Kier molecular flexibility index (Phi) is 6.11. The molecule has 2 fully saturated rings. The summed E-state index contributed by atoms with van der Waals surface area (Å²) >= 11 is 0. The van der Waals surface area contributed by atoms with Crippen LogP contribution in [0.4, 0.5) is 15.8 Å². The summed E-state index contributed by atoms with van der Waals surface area (Å²) in [7, 11) is 1.65. The van der Waals surface area contributed by atoms with Crippen molar-refractivity contribution in [2.75, 3.05) is 36.5 Å². The monoisotopic (exact) mass is 425 g/mol. The zero-order valence-corrected chi connectivity index (χ0v) is 17.9. The fraction of sp³-hybridized carbons (Fsp3) is 0.417. The van der Waals surface area contributed by atoms with E-state index in [1.165, 1.54) is 11.0 Å². The van der Waals surface area contributed by atoms with Crippen LogP contribution in [-0.2, 0) is 9.59 Å². The topological polar surface area (TPSA) is 61.9 Å². The average molecular weight is 426 g/mol. The summed E-state index contributed by atoms with van der Waals surface area (Å²) in [5, 5.41) is 3.11. The highest BCUT2D eigenvalue weighted by molar-refractivity contribution is 6.00. The number of benzene rings is 2.